The first-order valence-corrected chi connectivity index (χ1v) is 7.64. The number of nitrogens with one attached hydrogen (secondary N) is 1. The van der Waals surface area contributed by atoms with Crippen LogP contribution in [0, 0.1) is 5.92 Å². The SMILES string of the molecule is CCC(C)CC(C)NC1CC(=O)N(C)c2ccccc21. The zero-order chi connectivity index (χ0) is 14.7. The number of hydrogen-bond acceptors (Lipinski definition) is 2. The third-order valence-corrected chi connectivity index (χ3v) is 4.36. The van der Waals surface area contributed by atoms with E-state index in [4.69, 9.17) is 0 Å². The lowest BCUT2D eigenvalue weighted by atomic mass is 9.93. The van der Waals surface area contributed by atoms with Crippen LogP contribution in [0.2, 0.25) is 0 Å². The molecule has 3 atom stereocenters. The number of hydrogen-bond donors (Lipinski definition) is 1. The largest absolute Gasteiger partial charge is 0.315 e. The highest BCUT2D eigenvalue weighted by molar-refractivity contribution is 5.96. The number of nitrogens with zero attached hydrogens (tertiary/aromatic N) is 1. The van der Waals surface area contributed by atoms with Crippen molar-refractivity contribution in [1.82, 2.24) is 5.32 Å². The fourth-order valence-electron chi connectivity index (χ4n) is 2.97. The Kier molecular flexibility index (Phi) is 4.81. The van der Waals surface area contributed by atoms with Crippen LogP contribution < -0.4 is 10.2 Å². The van der Waals surface area contributed by atoms with Gasteiger partial charge in [0.1, 0.15) is 0 Å². The van der Waals surface area contributed by atoms with Crippen LogP contribution in [-0.2, 0) is 4.79 Å². The number of amides is 1. The molecule has 1 aliphatic rings. The number of benzene rings is 1. The van der Waals surface area contributed by atoms with Gasteiger partial charge in [-0.3, -0.25) is 4.79 Å². The zero-order valence-electron chi connectivity index (χ0n) is 13.0. The molecule has 1 N–H and O–H groups in total. The van der Waals surface area contributed by atoms with Crippen LogP contribution in [0.5, 0.6) is 0 Å². The first-order chi connectivity index (χ1) is 9.52. The van der Waals surface area contributed by atoms with Crippen LogP contribution in [-0.4, -0.2) is 19.0 Å². The van der Waals surface area contributed by atoms with Crippen LogP contribution in [0.25, 0.3) is 0 Å². The molecule has 0 saturated heterocycles. The average Bonchev–Trinajstić information content (AvgIpc) is 2.44. The van der Waals surface area contributed by atoms with Crippen molar-refractivity contribution in [3.63, 3.8) is 0 Å². The molecule has 3 unspecified atom stereocenters. The van der Waals surface area contributed by atoms with Gasteiger partial charge in [0.25, 0.3) is 0 Å². The summed E-state index contributed by atoms with van der Waals surface area (Å²) in [5, 5.41) is 3.64. The van der Waals surface area contributed by atoms with Crippen molar-refractivity contribution in [2.75, 3.05) is 11.9 Å². The third kappa shape index (κ3) is 3.21. The molecule has 0 aliphatic carbocycles. The molecule has 0 radical (unpaired) electrons. The van der Waals surface area contributed by atoms with Gasteiger partial charge < -0.3 is 10.2 Å². The van der Waals surface area contributed by atoms with Gasteiger partial charge in [0.15, 0.2) is 0 Å². The number of para-hydroxylation sites is 1. The van der Waals surface area contributed by atoms with Crippen molar-refractivity contribution in [3.8, 4) is 0 Å². The molecule has 0 spiro atoms. The Morgan fingerprint density at radius 2 is 2.05 bits per heavy atom. The Morgan fingerprint density at radius 1 is 1.35 bits per heavy atom. The maximum absolute atomic E-state index is 12.1. The second-order valence-corrected chi connectivity index (χ2v) is 6.09. The molecule has 0 aromatic heterocycles. The van der Waals surface area contributed by atoms with Crippen molar-refractivity contribution >= 4 is 11.6 Å². The molecule has 1 aromatic rings. The van der Waals surface area contributed by atoms with Crippen LogP contribution in [0.1, 0.15) is 51.6 Å². The van der Waals surface area contributed by atoms with Crippen LogP contribution in [0.3, 0.4) is 0 Å². The fraction of sp³-hybridized carbons (Fsp3) is 0.588. The van der Waals surface area contributed by atoms with E-state index >= 15 is 0 Å². The van der Waals surface area contributed by atoms with E-state index < -0.39 is 0 Å². The van der Waals surface area contributed by atoms with Crippen LogP contribution in [0.15, 0.2) is 24.3 Å². The number of anilines is 1. The Hall–Kier alpha value is -1.35. The Balaban J connectivity index is 2.13. The minimum Gasteiger partial charge on any atom is -0.315 e. The van der Waals surface area contributed by atoms with Crippen molar-refractivity contribution in [3.05, 3.63) is 29.8 Å². The maximum Gasteiger partial charge on any atom is 0.228 e. The normalized spacial score (nSPS) is 21.5. The summed E-state index contributed by atoms with van der Waals surface area (Å²) < 4.78 is 0. The highest BCUT2D eigenvalue weighted by atomic mass is 16.2. The first-order valence-electron chi connectivity index (χ1n) is 7.64. The fourth-order valence-corrected chi connectivity index (χ4v) is 2.97. The van der Waals surface area contributed by atoms with Gasteiger partial charge in [-0.2, -0.15) is 0 Å². The quantitative estimate of drug-likeness (QED) is 0.891. The lowest BCUT2D eigenvalue weighted by molar-refractivity contribution is -0.119. The summed E-state index contributed by atoms with van der Waals surface area (Å²) in [5.74, 6) is 0.909. The standard InChI is InChI=1S/C17H26N2O/c1-5-12(2)10-13(3)18-15-11-17(20)19(4)16-9-7-6-8-14(15)16/h6-9,12-13,15,18H,5,10-11H2,1-4H3. The smallest absolute Gasteiger partial charge is 0.228 e. The monoisotopic (exact) mass is 274 g/mol. The van der Waals surface area contributed by atoms with E-state index in [2.05, 4.69) is 38.2 Å². The second-order valence-electron chi connectivity index (χ2n) is 6.09. The summed E-state index contributed by atoms with van der Waals surface area (Å²) in [7, 11) is 1.86. The third-order valence-electron chi connectivity index (χ3n) is 4.36. The maximum atomic E-state index is 12.1. The predicted molar refractivity (Wildman–Crippen MR) is 83.9 cm³/mol. The molecule has 0 bridgehead atoms. The van der Waals surface area contributed by atoms with Crippen LogP contribution in [0.4, 0.5) is 5.69 Å². The summed E-state index contributed by atoms with van der Waals surface area (Å²) in [5.41, 5.74) is 2.28. The van der Waals surface area contributed by atoms with Crippen molar-refractivity contribution in [2.24, 2.45) is 5.92 Å². The van der Waals surface area contributed by atoms with E-state index in [1.54, 1.807) is 4.90 Å². The Bertz CT molecular complexity index is 472. The molecule has 110 valence electrons. The van der Waals surface area contributed by atoms with E-state index in [9.17, 15) is 4.79 Å². The molecule has 2 rings (SSSR count). The number of carbonyl (C=O) groups excluding carboxylic acids is 1. The van der Waals surface area contributed by atoms with Crippen LogP contribution >= 0.6 is 0 Å². The van der Waals surface area contributed by atoms with E-state index in [1.807, 2.05) is 19.2 Å². The lowest BCUT2D eigenvalue weighted by Gasteiger charge is -2.34. The van der Waals surface area contributed by atoms with Crippen molar-refractivity contribution < 1.29 is 4.79 Å². The van der Waals surface area contributed by atoms with E-state index in [0.29, 0.717) is 12.5 Å². The molecule has 1 aliphatic heterocycles. The summed E-state index contributed by atoms with van der Waals surface area (Å²) >= 11 is 0. The predicted octanol–water partition coefficient (Wildman–Crippen LogP) is 3.51. The topological polar surface area (TPSA) is 32.3 Å². The van der Waals surface area contributed by atoms with Gasteiger partial charge in [0.2, 0.25) is 5.91 Å². The second kappa shape index (κ2) is 6.40. The minimum absolute atomic E-state index is 0.147. The molecular formula is C17H26N2O. The molecule has 1 aromatic carbocycles. The van der Waals surface area contributed by atoms with E-state index in [0.717, 1.165) is 18.0 Å². The van der Waals surface area contributed by atoms with E-state index in [1.165, 1.54) is 12.0 Å². The van der Waals surface area contributed by atoms with Gasteiger partial charge in [-0.25, -0.2) is 0 Å². The molecule has 3 heteroatoms. The number of rotatable bonds is 5. The average molecular weight is 274 g/mol. The lowest BCUT2D eigenvalue weighted by Crippen LogP contribution is -2.40. The molecule has 20 heavy (non-hydrogen) atoms. The highest BCUT2D eigenvalue weighted by Crippen LogP contribution is 2.33. The van der Waals surface area contributed by atoms with Gasteiger partial charge in [-0.1, -0.05) is 38.5 Å². The molecule has 0 saturated carbocycles. The van der Waals surface area contributed by atoms with Crippen molar-refractivity contribution in [1.29, 1.82) is 0 Å². The summed E-state index contributed by atoms with van der Waals surface area (Å²) in [4.78, 5) is 13.9. The highest BCUT2D eigenvalue weighted by Gasteiger charge is 2.29. The van der Waals surface area contributed by atoms with Gasteiger partial charge in [0.05, 0.1) is 0 Å². The van der Waals surface area contributed by atoms with E-state index in [-0.39, 0.29) is 11.9 Å². The number of fused-ring (bicyclic) bond motifs is 1. The van der Waals surface area contributed by atoms with Gasteiger partial charge in [-0.05, 0) is 30.9 Å². The molecule has 0 fully saturated rings. The molecule has 3 nitrogen and oxygen atoms in total. The minimum atomic E-state index is 0.147. The summed E-state index contributed by atoms with van der Waals surface area (Å²) in [6, 6.07) is 8.78. The number of carbonyl (C=O) groups is 1. The molecular weight excluding hydrogens is 248 g/mol. The first kappa shape index (κ1) is 15.0. The zero-order valence-corrected chi connectivity index (χ0v) is 13.0. The molecule has 1 heterocycles. The Labute approximate surface area is 122 Å². The summed E-state index contributed by atoms with van der Waals surface area (Å²) in [6.45, 7) is 6.73. The van der Waals surface area contributed by atoms with Gasteiger partial charge in [-0.15, -0.1) is 0 Å². The Morgan fingerprint density at radius 3 is 2.75 bits per heavy atom. The van der Waals surface area contributed by atoms with Crippen molar-refractivity contribution in [2.45, 2.75) is 52.1 Å². The van der Waals surface area contributed by atoms with Gasteiger partial charge >= 0.3 is 0 Å². The van der Waals surface area contributed by atoms with Gasteiger partial charge in [0, 0.05) is 31.2 Å². The summed E-state index contributed by atoms with van der Waals surface area (Å²) in [6.07, 6.45) is 2.91. The molecule has 1 amide bonds.